The van der Waals surface area contributed by atoms with Crippen LogP contribution in [0.15, 0.2) is 66.0 Å². The van der Waals surface area contributed by atoms with Crippen LogP contribution in [0.3, 0.4) is 0 Å². The van der Waals surface area contributed by atoms with Gasteiger partial charge in [-0.1, -0.05) is 35.9 Å². The third-order valence-electron chi connectivity index (χ3n) is 5.74. The number of nitro benzene ring substituents is 1. The van der Waals surface area contributed by atoms with Gasteiger partial charge in [0.2, 0.25) is 0 Å². The summed E-state index contributed by atoms with van der Waals surface area (Å²) in [6.45, 7) is 0. The molecule has 0 radical (unpaired) electrons. The van der Waals surface area contributed by atoms with E-state index in [-0.39, 0.29) is 34.4 Å². The maximum atomic E-state index is 14.0. The van der Waals surface area contributed by atoms with Crippen LogP contribution in [-0.4, -0.2) is 26.8 Å². The summed E-state index contributed by atoms with van der Waals surface area (Å²) in [7, 11) is 0. The Morgan fingerprint density at radius 3 is 2.61 bits per heavy atom. The summed E-state index contributed by atoms with van der Waals surface area (Å²) in [5, 5.41) is 22.2. The highest BCUT2D eigenvalue weighted by molar-refractivity contribution is 7.10. The highest BCUT2D eigenvalue weighted by Crippen LogP contribution is 2.47. The van der Waals surface area contributed by atoms with E-state index in [1.807, 2.05) is 0 Å². The molecule has 0 saturated heterocycles. The second-order valence-electron chi connectivity index (χ2n) is 8.30. The number of hydrogen-bond acceptors (Lipinski definition) is 7. The maximum absolute atomic E-state index is 14.0. The normalized spacial score (nSPS) is 16.8. The number of thiophene rings is 1. The number of benzene rings is 2. The number of amides is 1. The third kappa shape index (κ3) is 5.15. The number of para-hydroxylation sites is 1. The molecular weight excluding hydrogens is 547 g/mol. The van der Waals surface area contributed by atoms with Gasteiger partial charge in [0.15, 0.2) is 11.7 Å². The number of aromatic nitrogens is 2. The van der Waals surface area contributed by atoms with Crippen LogP contribution in [0.25, 0.3) is 0 Å². The molecule has 0 bridgehead atoms. The van der Waals surface area contributed by atoms with Crippen LogP contribution in [-0.2, 0) is 0 Å². The number of nitro groups is 1. The summed E-state index contributed by atoms with van der Waals surface area (Å²) in [4.78, 5) is 24.5. The maximum Gasteiger partial charge on any atom is 0.410 e. The van der Waals surface area contributed by atoms with Gasteiger partial charge in [0.05, 0.1) is 22.7 Å². The van der Waals surface area contributed by atoms with Crippen LogP contribution in [0, 0.1) is 10.1 Å². The van der Waals surface area contributed by atoms with Crippen LogP contribution in [0.2, 0.25) is 5.02 Å². The number of non-ortho nitro benzene ring substituents is 1. The van der Waals surface area contributed by atoms with Gasteiger partial charge in [-0.2, -0.15) is 18.3 Å². The molecule has 5 rings (SSSR count). The van der Waals surface area contributed by atoms with Crippen LogP contribution in [0.4, 0.5) is 30.4 Å². The molecule has 14 heteroatoms. The topological polar surface area (TPSA) is 111 Å². The molecule has 1 aliphatic heterocycles. The quantitative estimate of drug-likeness (QED) is 0.189. The molecule has 2 aromatic carbocycles. The van der Waals surface area contributed by atoms with Gasteiger partial charge in [0.25, 0.3) is 11.6 Å². The molecule has 38 heavy (non-hydrogen) atoms. The number of ether oxygens (including phenoxy) is 1. The Morgan fingerprint density at radius 2 is 1.95 bits per heavy atom. The number of carbonyl (C=O) groups is 1. The van der Waals surface area contributed by atoms with Crippen molar-refractivity contribution in [2.24, 2.45) is 0 Å². The zero-order valence-corrected chi connectivity index (χ0v) is 20.7. The third-order valence-corrected chi connectivity index (χ3v) is 7.08. The van der Waals surface area contributed by atoms with Crippen LogP contribution >= 0.6 is 22.9 Å². The van der Waals surface area contributed by atoms with E-state index in [1.54, 1.807) is 47.8 Å². The molecule has 2 atom stereocenters. The van der Waals surface area contributed by atoms with Gasteiger partial charge in [-0.3, -0.25) is 14.9 Å². The Balaban J connectivity index is 1.46. The van der Waals surface area contributed by atoms with Crippen molar-refractivity contribution >= 4 is 46.0 Å². The number of nitrogens with zero attached hydrogens (tertiary/aromatic N) is 3. The van der Waals surface area contributed by atoms with E-state index in [0.717, 1.165) is 6.07 Å². The van der Waals surface area contributed by atoms with Gasteiger partial charge in [0.1, 0.15) is 22.3 Å². The number of halogens is 4. The fourth-order valence-electron chi connectivity index (χ4n) is 4.05. The number of alkyl halides is 3. The van der Waals surface area contributed by atoms with Crippen molar-refractivity contribution in [1.82, 2.24) is 9.78 Å². The Hall–Kier alpha value is -4.10. The monoisotopic (exact) mass is 563 g/mol. The first-order chi connectivity index (χ1) is 18.1. The van der Waals surface area contributed by atoms with Crippen LogP contribution in [0.1, 0.15) is 33.9 Å². The second-order valence-corrected chi connectivity index (χ2v) is 9.66. The number of anilines is 2. The van der Waals surface area contributed by atoms with Gasteiger partial charge in [-0.25, -0.2) is 4.68 Å². The molecule has 196 valence electrons. The Morgan fingerprint density at radius 1 is 1.18 bits per heavy atom. The summed E-state index contributed by atoms with van der Waals surface area (Å²) in [6, 6.07) is 12.8. The molecular formula is C24H17ClF3N5O4S. The number of carbonyl (C=O) groups excluding carboxylic acids is 1. The van der Waals surface area contributed by atoms with Gasteiger partial charge in [-0.05, 0) is 23.6 Å². The Kier molecular flexibility index (Phi) is 6.71. The molecule has 2 aromatic heterocycles. The van der Waals surface area contributed by atoms with Crippen molar-refractivity contribution < 1.29 is 27.6 Å². The first kappa shape index (κ1) is 25.5. The molecule has 1 aliphatic rings. The smallest absolute Gasteiger partial charge is 0.410 e. The molecule has 9 nitrogen and oxygen atoms in total. The zero-order chi connectivity index (χ0) is 27.0. The number of hydrogen-bond donors (Lipinski definition) is 2. The van der Waals surface area contributed by atoms with E-state index in [9.17, 15) is 28.1 Å². The number of nitrogens with one attached hydrogen (secondary N) is 2. The number of rotatable bonds is 6. The van der Waals surface area contributed by atoms with Gasteiger partial charge < -0.3 is 15.4 Å². The predicted octanol–water partition coefficient (Wildman–Crippen LogP) is 7.21. The van der Waals surface area contributed by atoms with Crippen molar-refractivity contribution in [1.29, 1.82) is 0 Å². The van der Waals surface area contributed by atoms with Crippen molar-refractivity contribution in [2.45, 2.75) is 24.7 Å². The SMILES string of the molecule is O=C(Nc1cc(Oc2ccccc2)cc([N+](=O)[O-])c1)c1nn2c(c1Cl)NC(c1cccs1)CC2C(F)(F)F. The summed E-state index contributed by atoms with van der Waals surface area (Å²) < 4.78 is 48.2. The van der Waals surface area contributed by atoms with Gasteiger partial charge >= 0.3 is 6.18 Å². The first-order valence-corrected chi connectivity index (χ1v) is 12.3. The minimum absolute atomic E-state index is 0.0334. The van der Waals surface area contributed by atoms with E-state index in [4.69, 9.17) is 16.3 Å². The Bertz CT molecular complexity index is 1490. The molecule has 2 unspecified atom stereocenters. The minimum atomic E-state index is -4.65. The highest BCUT2D eigenvalue weighted by atomic mass is 35.5. The van der Waals surface area contributed by atoms with Crippen molar-refractivity contribution in [3.8, 4) is 11.5 Å². The van der Waals surface area contributed by atoms with Crippen molar-refractivity contribution in [3.63, 3.8) is 0 Å². The van der Waals surface area contributed by atoms with Crippen molar-refractivity contribution in [3.05, 3.63) is 91.8 Å². The van der Waals surface area contributed by atoms with E-state index in [0.29, 0.717) is 15.3 Å². The predicted molar refractivity (Wildman–Crippen MR) is 135 cm³/mol. The molecule has 3 heterocycles. The molecule has 0 aliphatic carbocycles. The lowest BCUT2D eigenvalue weighted by molar-refractivity contribution is -0.384. The number of fused-ring (bicyclic) bond motifs is 1. The van der Waals surface area contributed by atoms with Gasteiger partial charge in [0, 0.05) is 23.4 Å². The second kappa shape index (κ2) is 9.99. The fourth-order valence-corrected chi connectivity index (χ4v) is 5.10. The highest BCUT2D eigenvalue weighted by Gasteiger charge is 2.48. The molecule has 2 N–H and O–H groups in total. The zero-order valence-electron chi connectivity index (χ0n) is 19.1. The summed E-state index contributed by atoms with van der Waals surface area (Å²) in [5.74, 6) is -0.623. The molecule has 1 amide bonds. The lowest BCUT2D eigenvalue weighted by atomic mass is 10.0. The molecule has 0 fully saturated rings. The molecule has 4 aromatic rings. The fraction of sp³-hybridized carbons (Fsp3) is 0.167. The van der Waals surface area contributed by atoms with Crippen LogP contribution < -0.4 is 15.4 Å². The van der Waals surface area contributed by atoms with Gasteiger partial charge in [-0.15, -0.1) is 11.3 Å². The average molecular weight is 564 g/mol. The average Bonchev–Trinajstić information content (AvgIpc) is 3.52. The largest absolute Gasteiger partial charge is 0.457 e. The lowest BCUT2D eigenvalue weighted by Crippen LogP contribution is -2.35. The molecule has 0 spiro atoms. The van der Waals surface area contributed by atoms with E-state index in [1.165, 1.54) is 23.5 Å². The van der Waals surface area contributed by atoms with E-state index in [2.05, 4.69) is 15.7 Å². The lowest BCUT2D eigenvalue weighted by Gasteiger charge is -2.32. The van der Waals surface area contributed by atoms with E-state index >= 15 is 0 Å². The van der Waals surface area contributed by atoms with E-state index < -0.39 is 34.8 Å². The van der Waals surface area contributed by atoms with Crippen LogP contribution in [0.5, 0.6) is 11.5 Å². The summed E-state index contributed by atoms with van der Waals surface area (Å²) >= 11 is 7.66. The molecule has 0 saturated carbocycles. The van der Waals surface area contributed by atoms with Crippen molar-refractivity contribution in [2.75, 3.05) is 10.6 Å². The Labute approximate surface area is 221 Å². The standard InChI is InChI=1S/C24H17ClF3N5O4S/c25-20-21(31-32-19(24(26,27)28)12-17(30-22(20)32)18-7-4-8-38-18)23(34)29-13-9-14(33(35)36)11-16(10-13)37-15-5-2-1-3-6-15/h1-11,17,19,30H,12H2,(H,29,34). The summed E-state index contributed by atoms with van der Waals surface area (Å²) in [6.07, 6.45) is -5.00. The summed E-state index contributed by atoms with van der Waals surface area (Å²) in [5.41, 5.74) is -0.872. The minimum Gasteiger partial charge on any atom is -0.457 e. The first-order valence-electron chi connectivity index (χ1n) is 11.1.